The fourth-order valence-corrected chi connectivity index (χ4v) is 1.45. The summed E-state index contributed by atoms with van der Waals surface area (Å²) >= 11 is 0. The normalized spacial score (nSPS) is 10.1. The van der Waals surface area contributed by atoms with Crippen molar-refractivity contribution in [3.05, 3.63) is 36.7 Å². The summed E-state index contributed by atoms with van der Waals surface area (Å²) in [6.07, 6.45) is 3.66. The lowest BCUT2D eigenvalue weighted by Crippen LogP contribution is -1.99. The van der Waals surface area contributed by atoms with Gasteiger partial charge in [-0.05, 0) is 19.1 Å². The van der Waals surface area contributed by atoms with E-state index in [1.807, 2.05) is 49.0 Å². The Morgan fingerprint density at radius 3 is 3.00 bits per heavy atom. The molecule has 0 bridgehead atoms. The molecule has 0 aliphatic carbocycles. The van der Waals surface area contributed by atoms with Crippen LogP contribution < -0.4 is 10.1 Å². The molecule has 2 rings (SSSR count). The molecule has 4 heteroatoms. The number of rotatable bonds is 4. The van der Waals surface area contributed by atoms with Gasteiger partial charge in [0, 0.05) is 31.2 Å². The van der Waals surface area contributed by atoms with E-state index < -0.39 is 0 Å². The van der Waals surface area contributed by atoms with E-state index in [2.05, 4.69) is 10.3 Å². The van der Waals surface area contributed by atoms with Gasteiger partial charge in [-0.3, -0.25) is 0 Å². The largest absolute Gasteiger partial charge is 0.494 e. The molecule has 0 atom stereocenters. The molecule has 84 valence electrons. The molecule has 0 amide bonds. The van der Waals surface area contributed by atoms with Crippen molar-refractivity contribution in [1.29, 1.82) is 0 Å². The summed E-state index contributed by atoms with van der Waals surface area (Å²) in [5, 5.41) is 3.22. The standard InChI is InChI=1S/C12H15N3O/c1-3-16-11-6-4-5-10(9-11)14-12-13-7-8-15(12)2/h4-9H,3H2,1-2H3,(H,13,14). The molecule has 0 fully saturated rings. The van der Waals surface area contributed by atoms with Gasteiger partial charge >= 0.3 is 0 Å². The van der Waals surface area contributed by atoms with E-state index in [4.69, 9.17) is 4.74 Å². The number of nitrogens with zero attached hydrogens (tertiary/aromatic N) is 2. The molecule has 0 aliphatic heterocycles. The maximum absolute atomic E-state index is 5.43. The number of nitrogens with one attached hydrogen (secondary N) is 1. The van der Waals surface area contributed by atoms with Crippen molar-refractivity contribution in [3.8, 4) is 5.75 Å². The number of hydrogen-bond acceptors (Lipinski definition) is 3. The number of benzene rings is 1. The van der Waals surface area contributed by atoms with E-state index in [1.54, 1.807) is 6.20 Å². The second kappa shape index (κ2) is 4.70. The molecule has 0 saturated carbocycles. The summed E-state index contributed by atoms with van der Waals surface area (Å²) in [5.74, 6) is 1.68. The maximum Gasteiger partial charge on any atom is 0.207 e. The first-order valence-corrected chi connectivity index (χ1v) is 5.27. The van der Waals surface area contributed by atoms with E-state index in [1.165, 1.54) is 0 Å². The van der Waals surface area contributed by atoms with Crippen LogP contribution in [0.1, 0.15) is 6.92 Å². The minimum Gasteiger partial charge on any atom is -0.494 e. The van der Waals surface area contributed by atoms with Crippen LogP contribution in [0.2, 0.25) is 0 Å². The van der Waals surface area contributed by atoms with Crippen LogP contribution in [0.15, 0.2) is 36.7 Å². The lowest BCUT2D eigenvalue weighted by molar-refractivity contribution is 0.340. The molecule has 0 unspecified atom stereocenters. The molecule has 2 aromatic rings. The third-order valence-electron chi connectivity index (χ3n) is 2.22. The number of ether oxygens (including phenoxy) is 1. The van der Waals surface area contributed by atoms with E-state index in [9.17, 15) is 0 Å². The van der Waals surface area contributed by atoms with Crippen molar-refractivity contribution >= 4 is 11.6 Å². The highest BCUT2D eigenvalue weighted by Gasteiger charge is 2.00. The Bertz CT molecular complexity index is 465. The number of aromatic nitrogens is 2. The third-order valence-corrected chi connectivity index (χ3v) is 2.22. The topological polar surface area (TPSA) is 39.1 Å². The Hall–Kier alpha value is -1.97. The Morgan fingerprint density at radius 2 is 2.31 bits per heavy atom. The molecule has 1 aromatic heterocycles. The van der Waals surface area contributed by atoms with Gasteiger partial charge in [0.1, 0.15) is 5.75 Å². The molecule has 0 saturated heterocycles. The van der Waals surface area contributed by atoms with Crippen LogP contribution in [-0.2, 0) is 7.05 Å². The Balaban J connectivity index is 2.15. The van der Waals surface area contributed by atoms with Gasteiger partial charge in [0.2, 0.25) is 5.95 Å². The van der Waals surface area contributed by atoms with Gasteiger partial charge in [0.25, 0.3) is 0 Å². The monoisotopic (exact) mass is 217 g/mol. The predicted octanol–water partition coefficient (Wildman–Crippen LogP) is 2.56. The number of hydrogen-bond donors (Lipinski definition) is 1. The molecule has 16 heavy (non-hydrogen) atoms. The second-order valence-electron chi connectivity index (χ2n) is 3.45. The van der Waals surface area contributed by atoms with Gasteiger partial charge in [-0.15, -0.1) is 0 Å². The molecule has 0 radical (unpaired) electrons. The molecular weight excluding hydrogens is 202 g/mol. The van der Waals surface area contributed by atoms with Gasteiger partial charge in [-0.2, -0.15) is 0 Å². The molecule has 0 spiro atoms. The molecule has 4 nitrogen and oxygen atoms in total. The molecule has 1 N–H and O–H groups in total. The Kier molecular flexibility index (Phi) is 3.10. The van der Waals surface area contributed by atoms with Gasteiger partial charge < -0.3 is 14.6 Å². The summed E-state index contributed by atoms with van der Waals surface area (Å²) in [5.41, 5.74) is 0.972. The van der Waals surface area contributed by atoms with Crippen LogP contribution in [0.4, 0.5) is 11.6 Å². The molecule has 1 heterocycles. The van der Waals surface area contributed by atoms with Crippen LogP contribution in [0.3, 0.4) is 0 Å². The lowest BCUT2D eigenvalue weighted by atomic mass is 10.3. The highest BCUT2D eigenvalue weighted by molar-refractivity contribution is 5.56. The van der Waals surface area contributed by atoms with E-state index in [0.29, 0.717) is 6.61 Å². The predicted molar refractivity (Wildman–Crippen MR) is 64.1 cm³/mol. The zero-order valence-corrected chi connectivity index (χ0v) is 9.47. The number of aryl methyl sites for hydroxylation is 1. The SMILES string of the molecule is CCOc1cccc(Nc2nccn2C)c1. The van der Waals surface area contributed by atoms with Crippen molar-refractivity contribution in [3.63, 3.8) is 0 Å². The maximum atomic E-state index is 5.43. The fourth-order valence-electron chi connectivity index (χ4n) is 1.45. The summed E-state index contributed by atoms with van der Waals surface area (Å²) in [7, 11) is 1.95. The smallest absolute Gasteiger partial charge is 0.207 e. The summed E-state index contributed by atoms with van der Waals surface area (Å²) in [4.78, 5) is 4.20. The first kappa shape index (κ1) is 10.5. The Labute approximate surface area is 94.9 Å². The van der Waals surface area contributed by atoms with Crippen LogP contribution in [0, 0.1) is 0 Å². The fraction of sp³-hybridized carbons (Fsp3) is 0.250. The number of imidazole rings is 1. The van der Waals surface area contributed by atoms with Crippen LogP contribution >= 0.6 is 0 Å². The second-order valence-corrected chi connectivity index (χ2v) is 3.45. The van der Waals surface area contributed by atoms with Crippen molar-refractivity contribution in [2.45, 2.75) is 6.92 Å². The van der Waals surface area contributed by atoms with Crippen LogP contribution in [0.25, 0.3) is 0 Å². The zero-order valence-electron chi connectivity index (χ0n) is 9.47. The van der Waals surface area contributed by atoms with E-state index in [-0.39, 0.29) is 0 Å². The number of anilines is 2. The zero-order chi connectivity index (χ0) is 11.4. The van der Waals surface area contributed by atoms with Crippen molar-refractivity contribution in [2.24, 2.45) is 7.05 Å². The van der Waals surface area contributed by atoms with Gasteiger partial charge in [0.05, 0.1) is 6.61 Å². The minimum atomic E-state index is 0.672. The minimum absolute atomic E-state index is 0.672. The van der Waals surface area contributed by atoms with Gasteiger partial charge in [-0.25, -0.2) is 4.98 Å². The molecule has 0 aliphatic rings. The summed E-state index contributed by atoms with van der Waals surface area (Å²) < 4.78 is 7.35. The Morgan fingerprint density at radius 1 is 1.44 bits per heavy atom. The highest BCUT2D eigenvalue weighted by Crippen LogP contribution is 2.20. The van der Waals surface area contributed by atoms with E-state index in [0.717, 1.165) is 17.4 Å². The first-order chi connectivity index (χ1) is 7.79. The van der Waals surface area contributed by atoms with Crippen molar-refractivity contribution < 1.29 is 4.74 Å². The van der Waals surface area contributed by atoms with Crippen LogP contribution in [-0.4, -0.2) is 16.2 Å². The van der Waals surface area contributed by atoms with Crippen LogP contribution in [0.5, 0.6) is 5.75 Å². The average molecular weight is 217 g/mol. The third kappa shape index (κ3) is 2.34. The average Bonchev–Trinajstić information content (AvgIpc) is 2.66. The van der Waals surface area contributed by atoms with Gasteiger partial charge in [-0.1, -0.05) is 6.07 Å². The quantitative estimate of drug-likeness (QED) is 0.855. The molecular formula is C12H15N3O. The summed E-state index contributed by atoms with van der Waals surface area (Å²) in [6.45, 7) is 2.64. The lowest BCUT2D eigenvalue weighted by Gasteiger charge is -2.08. The highest BCUT2D eigenvalue weighted by atomic mass is 16.5. The van der Waals surface area contributed by atoms with Gasteiger partial charge in [0.15, 0.2) is 0 Å². The van der Waals surface area contributed by atoms with E-state index >= 15 is 0 Å². The first-order valence-electron chi connectivity index (χ1n) is 5.27. The summed E-state index contributed by atoms with van der Waals surface area (Å²) in [6, 6.07) is 7.83. The molecule has 1 aromatic carbocycles. The van der Waals surface area contributed by atoms with Crippen molar-refractivity contribution in [1.82, 2.24) is 9.55 Å². The van der Waals surface area contributed by atoms with Crippen molar-refractivity contribution in [2.75, 3.05) is 11.9 Å².